The number of ether oxygens (including phenoxy) is 1. The van der Waals surface area contributed by atoms with E-state index < -0.39 is 5.54 Å². The van der Waals surface area contributed by atoms with Gasteiger partial charge in [0.1, 0.15) is 5.54 Å². The van der Waals surface area contributed by atoms with Crippen LogP contribution < -0.4 is 5.69 Å². The van der Waals surface area contributed by atoms with E-state index in [2.05, 4.69) is 4.98 Å². The number of rotatable bonds is 1. The third kappa shape index (κ3) is 1.85. The predicted octanol–water partition coefficient (Wildman–Crippen LogP) is 0.788. The van der Waals surface area contributed by atoms with Gasteiger partial charge in [-0.05, 0) is 31.0 Å². The van der Waals surface area contributed by atoms with Gasteiger partial charge in [-0.3, -0.25) is 9.36 Å². The van der Waals surface area contributed by atoms with Crippen molar-refractivity contribution in [3.63, 3.8) is 0 Å². The number of carbonyl (C=O) groups excluding carboxylic acids is 2. The standard InChI is InChI=1S/C16H17N3O4/c1-18-12-4-3-10(9-11(12)17-15(18)22)13(20)19-7-2-5-16(19)6-8-23-14(16)21/h3-4,9H,2,5-8H2,1H3,(H,17,22). The van der Waals surface area contributed by atoms with Gasteiger partial charge in [0.15, 0.2) is 0 Å². The number of imidazole rings is 1. The van der Waals surface area contributed by atoms with Crippen LogP contribution in [0.5, 0.6) is 0 Å². The Kier molecular flexibility index (Phi) is 2.88. The molecule has 120 valence electrons. The fourth-order valence-corrected chi connectivity index (χ4v) is 3.72. The van der Waals surface area contributed by atoms with Gasteiger partial charge in [-0.2, -0.15) is 0 Å². The van der Waals surface area contributed by atoms with Crippen molar-refractivity contribution in [1.82, 2.24) is 14.5 Å². The van der Waals surface area contributed by atoms with Gasteiger partial charge in [0.2, 0.25) is 0 Å². The van der Waals surface area contributed by atoms with Crippen molar-refractivity contribution in [1.29, 1.82) is 0 Å². The highest BCUT2D eigenvalue weighted by Crippen LogP contribution is 2.38. The lowest BCUT2D eigenvalue weighted by molar-refractivity contribution is -0.145. The van der Waals surface area contributed by atoms with Crippen LogP contribution in [-0.2, 0) is 16.6 Å². The number of benzene rings is 1. The number of carbonyl (C=O) groups is 2. The quantitative estimate of drug-likeness (QED) is 0.789. The zero-order valence-electron chi connectivity index (χ0n) is 12.8. The SMILES string of the molecule is Cn1c(=O)[nH]c2cc(C(=O)N3CCCC34CCOC4=O)ccc21. The van der Waals surface area contributed by atoms with Gasteiger partial charge in [-0.25, -0.2) is 9.59 Å². The Morgan fingerprint density at radius 1 is 1.30 bits per heavy atom. The first-order valence-corrected chi connectivity index (χ1v) is 7.71. The number of aromatic nitrogens is 2. The molecule has 1 N–H and O–H groups in total. The van der Waals surface area contributed by atoms with Crippen molar-refractivity contribution in [2.75, 3.05) is 13.2 Å². The van der Waals surface area contributed by atoms with Crippen molar-refractivity contribution >= 4 is 22.9 Å². The largest absolute Gasteiger partial charge is 0.464 e. The van der Waals surface area contributed by atoms with Gasteiger partial charge in [0.05, 0.1) is 17.6 Å². The number of esters is 1. The van der Waals surface area contributed by atoms with Gasteiger partial charge in [0, 0.05) is 25.6 Å². The van der Waals surface area contributed by atoms with E-state index in [1.54, 1.807) is 30.1 Å². The molecule has 7 heteroatoms. The van der Waals surface area contributed by atoms with Crippen LogP contribution in [-0.4, -0.2) is 45.0 Å². The van der Waals surface area contributed by atoms with E-state index in [0.717, 1.165) is 11.9 Å². The average Bonchev–Trinajstić information content (AvgIpc) is 3.20. The lowest BCUT2D eigenvalue weighted by atomic mass is 9.94. The van der Waals surface area contributed by atoms with Crippen LogP contribution in [0.25, 0.3) is 11.0 Å². The van der Waals surface area contributed by atoms with Crippen LogP contribution in [0.15, 0.2) is 23.0 Å². The van der Waals surface area contributed by atoms with E-state index in [1.165, 1.54) is 4.57 Å². The molecule has 1 amide bonds. The third-order valence-corrected chi connectivity index (χ3v) is 5.01. The van der Waals surface area contributed by atoms with Gasteiger partial charge in [0.25, 0.3) is 5.91 Å². The maximum atomic E-state index is 12.9. The minimum absolute atomic E-state index is 0.187. The van der Waals surface area contributed by atoms with Crippen molar-refractivity contribution in [3.05, 3.63) is 34.2 Å². The lowest BCUT2D eigenvalue weighted by Gasteiger charge is -2.31. The number of hydrogen-bond donors (Lipinski definition) is 1. The molecule has 4 rings (SSSR count). The van der Waals surface area contributed by atoms with Crippen LogP contribution >= 0.6 is 0 Å². The molecule has 0 saturated carbocycles. The van der Waals surface area contributed by atoms with Crippen molar-refractivity contribution < 1.29 is 14.3 Å². The van der Waals surface area contributed by atoms with Gasteiger partial charge >= 0.3 is 11.7 Å². The second-order valence-corrected chi connectivity index (χ2v) is 6.20. The summed E-state index contributed by atoms with van der Waals surface area (Å²) in [5.74, 6) is -0.481. The zero-order chi connectivity index (χ0) is 16.2. The third-order valence-electron chi connectivity index (χ3n) is 5.01. The van der Waals surface area contributed by atoms with E-state index in [9.17, 15) is 14.4 Å². The number of fused-ring (bicyclic) bond motifs is 1. The zero-order valence-corrected chi connectivity index (χ0v) is 12.8. The van der Waals surface area contributed by atoms with E-state index in [1.807, 2.05) is 0 Å². The van der Waals surface area contributed by atoms with Crippen molar-refractivity contribution in [3.8, 4) is 0 Å². The second-order valence-electron chi connectivity index (χ2n) is 6.20. The van der Waals surface area contributed by atoms with E-state index in [0.29, 0.717) is 37.1 Å². The summed E-state index contributed by atoms with van der Waals surface area (Å²) in [4.78, 5) is 41.1. The number of hydrogen-bond acceptors (Lipinski definition) is 4. The Labute approximate surface area is 131 Å². The lowest BCUT2D eigenvalue weighted by Crippen LogP contribution is -2.50. The first kappa shape index (κ1) is 14.0. The number of likely N-dealkylation sites (tertiary alicyclic amines) is 1. The Hall–Kier alpha value is -2.57. The molecule has 0 bridgehead atoms. The summed E-state index contributed by atoms with van der Waals surface area (Å²) in [5, 5.41) is 0. The van der Waals surface area contributed by atoms with Crippen LogP contribution in [0.2, 0.25) is 0 Å². The Balaban J connectivity index is 1.74. The molecule has 2 aliphatic heterocycles. The van der Waals surface area contributed by atoms with Crippen LogP contribution in [0.3, 0.4) is 0 Å². The summed E-state index contributed by atoms with van der Waals surface area (Å²) in [5.41, 5.74) is 0.811. The van der Waals surface area contributed by atoms with Crippen molar-refractivity contribution in [2.45, 2.75) is 24.8 Å². The van der Waals surface area contributed by atoms with E-state index in [-0.39, 0.29) is 17.6 Å². The van der Waals surface area contributed by atoms with Crippen LogP contribution in [0, 0.1) is 0 Å². The topological polar surface area (TPSA) is 84.4 Å². The Morgan fingerprint density at radius 2 is 2.13 bits per heavy atom. The summed E-state index contributed by atoms with van der Waals surface area (Å²) in [6, 6.07) is 5.12. The van der Waals surface area contributed by atoms with Gasteiger partial charge < -0.3 is 14.6 Å². The molecule has 1 aromatic carbocycles. The molecule has 3 heterocycles. The summed E-state index contributed by atoms with van der Waals surface area (Å²) in [6.45, 7) is 0.922. The molecule has 2 aliphatic rings. The fraction of sp³-hybridized carbons (Fsp3) is 0.438. The smallest absolute Gasteiger partial charge is 0.332 e. The summed E-state index contributed by atoms with van der Waals surface area (Å²) < 4.78 is 6.61. The van der Waals surface area contributed by atoms with E-state index >= 15 is 0 Å². The highest BCUT2D eigenvalue weighted by atomic mass is 16.5. The molecule has 1 spiro atoms. The molecular formula is C16H17N3O4. The molecule has 23 heavy (non-hydrogen) atoms. The number of H-pyrrole nitrogens is 1. The van der Waals surface area contributed by atoms with Gasteiger partial charge in [-0.15, -0.1) is 0 Å². The van der Waals surface area contributed by atoms with Crippen LogP contribution in [0.1, 0.15) is 29.6 Å². The molecule has 1 unspecified atom stereocenters. The molecule has 0 aliphatic carbocycles. The van der Waals surface area contributed by atoms with Crippen molar-refractivity contribution in [2.24, 2.45) is 7.05 Å². The molecule has 0 radical (unpaired) electrons. The molecule has 2 aromatic rings. The minimum atomic E-state index is -0.795. The monoisotopic (exact) mass is 315 g/mol. The maximum Gasteiger partial charge on any atom is 0.332 e. The number of cyclic esters (lactones) is 1. The first-order valence-electron chi connectivity index (χ1n) is 7.71. The number of amides is 1. The second kappa shape index (κ2) is 4.71. The fourth-order valence-electron chi connectivity index (χ4n) is 3.72. The highest BCUT2D eigenvalue weighted by Gasteiger charge is 2.53. The number of nitrogens with zero attached hydrogens (tertiary/aromatic N) is 2. The van der Waals surface area contributed by atoms with Crippen LogP contribution in [0.4, 0.5) is 0 Å². The minimum Gasteiger partial charge on any atom is -0.464 e. The summed E-state index contributed by atoms with van der Waals surface area (Å²) in [6.07, 6.45) is 2.01. The number of aryl methyl sites for hydroxylation is 1. The highest BCUT2D eigenvalue weighted by molar-refractivity contribution is 6.01. The molecule has 2 fully saturated rings. The molecule has 1 atom stereocenters. The Bertz CT molecular complexity index is 877. The average molecular weight is 315 g/mol. The number of nitrogens with one attached hydrogen (secondary N) is 1. The van der Waals surface area contributed by atoms with Gasteiger partial charge in [-0.1, -0.05) is 0 Å². The predicted molar refractivity (Wildman–Crippen MR) is 82.1 cm³/mol. The molecule has 1 aromatic heterocycles. The summed E-state index contributed by atoms with van der Waals surface area (Å²) in [7, 11) is 1.67. The molecule has 7 nitrogen and oxygen atoms in total. The van der Waals surface area contributed by atoms with E-state index in [4.69, 9.17) is 4.74 Å². The molecular weight excluding hydrogens is 298 g/mol. The maximum absolute atomic E-state index is 12.9. The first-order chi connectivity index (χ1) is 11.0. The summed E-state index contributed by atoms with van der Waals surface area (Å²) >= 11 is 0. The number of aromatic amines is 1. The Morgan fingerprint density at radius 3 is 2.87 bits per heavy atom. The molecule has 2 saturated heterocycles. The normalized spacial score (nSPS) is 23.9.